The Bertz CT molecular complexity index is 572. The summed E-state index contributed by atoms with van der Waals surface area (Å²) in [7, 11) is 0. The molecule has 0 bridgehead atoms. The molecule has 21 heavy (non-hydrogen) atoms. The van der Waals surface area contributed by atoms with Crippen molar-refractivity contribution in [3.05, 3.63) is 32.9 Å². The molecular formula is C14H16ClF2IN2O. The number of hydrogen-bond donors (Lipinski definition) is 1. The fourth-order valence-corrected chi connectivity index (χ4v) is 3.99. The molecule has 3 unspecified atom stereocenters. The monoisotopic (exact) mass is 428 g/mol. The molecule has 1 aromatic rings. The fourth-order valence-electron chi connectivity index (χ4n) is 3.33. The van der Waals surface area contributed by atoms with Crippen LogP contribution in [0.1, 0.15) is 23.2 Å². The second-order valence-electron chi connectivity index (χ2n) is 5.62. The zero-order valence-corrected chi connectivity index (χ0v) is 14.2. The largest absolute Gasteiger partial charge is 0.338 e. The first-order valence-corrected chi connectivity index (χ1v) is 7.74. The summed E-state index contributed by atoms with van der Waals surface area (Å²) in [6, 6.07) is 2.21. The molecule has 2 fully saturated rings. The average Bonchev–Trinajstić information content (AvgIpc) is 2.96. The van der Waals surface area contributed by atoms with Gasteiger partial charge < -0.3 is 10.6 Å². The van der Waals surface area contributed by atoms with E-state index in [4.69, 9.17) is 5.73 Å². The quantitative estimate of drug-likeness (QED) is 0.552. The van der Waals surface area contributed by atoms with Gasteiger partial charge in [-0.05, 0) is 59.4 Å². The maximum absolute atomic E-state index is 13.3. The predicted molar refractivity (Wildman–Crippen MR) is 86.4 cm³/mol. The number of benzene rings is 1. The van der Waals surface area contributed by atoms with Crippen molar-refractivity contribution >= 4 is 40.9 Å². The number of carbonyl (C=O) groups excluding carboxylic acids is 1. The number of halogens is 4. The van der Waals surface area contributed by atoms with Crippen LogP contribution in [-0.2, 0) is 0 Å². The van der Waals surface area contributed by atoms with Gasteiger partial charge in [0.05, 0.1) is 5.56 Å². The summed E-state index contributed by atoms with van der Waals surface area (Å²) in [5.74, 6) is -1.33. The van der Waals surface area contributed by atoms with E-state index in [-0.39, 0.29) is 29.9 Å². The normalized spacial score (nSPS) is 27.4. The highest BCUT2D eigenvalue weighted by atomic mass is 127. The fraction of sp³-hybridized carbons (Fsp3) is 0.500. The van der Waals surface area contributed by atoms with Gasteiger partial charge in [0.25, 0.3) is 5.91 Å². The molecule has 1 saturated carbocycles. The third-order valence-electron chi connectivity index (χ3n) is 4.44. The van der Waals surface area contributed by atoms with Crippen LogP contribution < -0.4 is 5.73 Å². The van der Waals surface area contributed by atoms with E-state index in [1.807, 2.05) is 22.6 Å². The molecule has 3 rings (SSSR count). The van der Waals surface area contributed by atoms with Gasteiger partial charge >= 0.3 is 0 Å². The molecule has 116 valence electrons. The van der Waals surface area contributed by atoms with Crippen molar-refractivity contribution in [2.45, 2.75) is 18.9 Å². The summed E-state index contributed by atoms with van der Waals surface area (Å²) in [4.78, 5) is 14.2. The van der Waals surface area contributed by atoms with E-state index in [2.05, 4.69) is 0 Å². The molecule has 0 aromatic heterocycles. The number of amides is 1. The van der Waals surface area contributed by atoms with Crippen LogP contribution in [0.15, 0.2) is 12.1 Å². The number of hydrogen-bond acceptors (Lipinski definition) is 2. The van der Waals surface area contributed by atoms with Crippen molar-refractivity contribution in [2.24, 2.45) is 17.6 Å². The number of nitrogens with two attached hydrogens (primary N) is 1. The highest BCUT2D eigenvalue weighted by molar-refractivity contribution is 14.1. The van der Waals surface area contributed by atoms with Crippen molar-refractivity contribution in [3.63, 3.8) is 0 Å². The molecule has 1 heterocycles. The summed E-state index contributed by atoms with van der Waals surface area (Å²) in [5, 5.41) is 0. The summed E-state index contributed by atoms with van der Waals surface area (Å²) in [6.07, 6.45) is 2.06. The molecule has 0 radical (unpaired) electrons. The van der Waals surface area contributed by atoms with E-state index >= 15 is 0 Å². The maximum Gasteiger partial charge on any atom is 0.255 e. The van der Waals surface area contributed by atoms with Crippen molar-refractivity contribution in [2.75, 3.05) is 13.1 Å². The van der Waals surface area contributed by atoms with E-state index < -0.39 is 11.6 Å². The highest BCUT2D eigenvalue weighted by Crippen LogP contribution is 2.37. The van der Waals surface area contributed by atoms with Crippen LogP contribution in [0.2, 0.25) is 0 Å². The number of likely N-dealkylation sites (tertiary alicyclic amines) is 1. The smallest absolute Gasteiger partial charge is 0.255 e. The van der Waals surface area contributed by atoms with E-state index in [0.717, 1.165) is 25.0 Å². The van der Waals surface area contributed by atoms with Crippen LogP contribution in [0.3, 0.4) is 0 Å². The lowest BCUT2D eigenvalue weighted by atomic mass is 9.98. The van der Waals surface area contributed by atoms with Gasteiger partial charge in [0.15, 0.2) is 11.6 Å². The molecule has 0 spiro atoms. The third-order valence-corrected chi connectivity index (χ3v) is 5.33. The molecule has 3 nitrogen and oxygen atoms in total. The van der Waals surface area contributed by atoms with Crippen LogP contribution in [0.25, 0.3) is 0 Å². The molecular weight excluding hydrogens is 413 g/mol. The lowest BCUT2D eigenvalue weighted by Gasteiger charge is -2.19. The van der Waals surface area contributed by atoms with Gasteiger partial charge in [-0.3, -0.25) is 4.79 Å². The second kappa shape index (κ2) is 6.34. The Morgan fingerprint density at radius 3 is 2.57 bits per heavy atom. The Morgan fingerprint density at radius 1 is 1.24 bits per heavy atom. The number of fused-ring (bicyclic) bond motifs is 1. The number of rotatable bonds is 1. The first kappa shape index (κ1) is 16.9. The Labute approximate surface area is 141 Å². The van der Waals surface area contributed by atoms with Crippen LogP contribution >= 0.6 is 35.0 Å². The number of carbonyl (C=O) groups is 1. The molecule has 1 aliphatic heterocycles. The Hall–Kier alpha value is -0.470. The van der Waals surface area contributed by atoms with E-state index in [1.165, 1.54) is 0 Å². The van der Waals surface area contributed by atoms with Gasteiger partial charge in [-0.25, -0.2) is 8.78 Å². The van der Waals surface area contributed by atoms with E-state index in [0.29, 0.717) is 28.5 Å². The minimum atomic E-state index is -0.982. The highest BCUT2D eigenvalue weighted by Gasteiger charge is 2.42. The molecule has 1 aromatic carbocycles. The van der Waals surface area contributed by atoms with Gasteiger partial charge in [0, 0.05) is 22.7 Å². The van der Waals surface area contributed by atoms with Crippen LogP contribution in [0, 0.1) is 27.0 Å². The Balaban J connectivity index is 0.00000161. The zero-order valence-electron chi connectivity index (χ0n) is 11.2. The zero-order chi connectivity index (χ0) is 14.4. The number of nitrogens with zero attached hydrogens (tertiary/aromatic N) is 1. The molecule has 2 aliphatic rings. The second-order valence-corrected chi connectivity index (χ2v) is 6.78. The molecule has 1 amide bonds. The first-order valence-electron chi connectivity index (χ1n) is 6.66. The summed E-state index contributed by atoms with van der Waals surface area (Å²) in [5.41, 5.74) is 6.28. The third kappa shape index (κ3) is 3.03. The minimum Gasteiger partial charge on any atom is -0.338 e. The molecule has 1 aliphatic carbocycles. The van der Waals surface area contributed by atoms with Crippen molar-refractivity contribution < 1.29 is 13.6 Å². The summed E-state index contributed by atoms with van der Waals surface area (Å²) in [6.45, 7) is 1.30. The lowest BCUT2D eigenvalue weighted by Crippen LogP contribution is -2.34. The Kier molecular flexibility index (Phi) is 5.10. The predicted octanol–water partition coefficient (Wildman–Crippen LogP) is 2.80. The first-order chi connectivity index (χ1) is 9.47. The van der Waals surface area contributed by atoms with Crippen molar-refractivity contribution in [1.29, 1.82) is 0 Å². The van der Waals surface area contributed by atoms with E-state index in [9.17, 15) is 13.6 Å². The summed E-state index contributed by atoms with van der Waals surface area (Å²) >= 11 is 1.86. The average molecular weight is 429 g/mol. The molecule has 1 saturated heterocycles. The van der Waals surface area contributed by atoms with Crippen molar-refractivity contribution in [3.8, 4) is 0 Å². The van der Waals surface area contributed by atoms with Crippen LogP contribution in [-0.4, -0.2) is 29.9 Å². The molecule has 2 N–H and O–H groups in total. The Morgan fingerprint density at radius 2 is 1.90 bits per heavy atom. The van der Waals surface area contributed by atoms with Crippen molar-refractivity contribution in [1.82, 2.24) is 4.90 Å². The van der Waals surface area contributed by atoms with Gasteiger partial charge in [0.1, 0.15) is 0 Å². The molecule has 3 atom stereocenters. The van der Waals surface area contributed by atoms with Crippen LogP contribution in [0.4, 0.5) is 8.78 Å². The SMILES string of the molecule is Cl.NC1CCC2CN(C(=O)c3cc(F)c(F)cc3I)CC12. The maximum atomic E-state index is 13.3. The van der Waals surface area contributed by atoms with Gasteiger partial charge in [-0.2, -0.15) is 0 Å². The molecule has 7 heteroatoms. The lowest BCUT2D eigenvalue weighted by molar-refractivity contribution is 0.0778. The summed E-state index contributed by atoms with van der Waals surface area (Å²) < 4.78 is 26.9. The van der Waals surface area contributed by atoms with E-state index in [1.54, 1.807) is 4.90 Å². The topological polar surface area (TPSA) is 46.3 Å². The van der Waals surface area contributed by atoms with Gasteiger partial charge in [0.2, 0.25) is 0 Å². The standard InChI is InChI=1S/C14H15F2IN2O.ClH/c15-10-3-8(12(17)4-11(10)16)14(20)19-5-7-1-2-13(18)9(7)6-19;/h3-4,7,9,13H,1-2,5-6,18H2;1H. The van der Waals surface area contributed by atoms with Gasteiger partial charge in [-0.1, -0.05) is 0 Å². The van der Waals surface area contributed by atoms with Gasteiger partial charge in [-0.15, -0.1) is 12.4 Å². The minimum absolute atomic E-state index is 0. The van der Waals surface area contributed by atoms with Crippen LogP contribution in [0.5, 0.6) is 0 Å².